The van der Waals surface area contributed by atoms with Crippen molar-refractivity contribution in [2.24, 2.45) is 5.16 Å². The lowest BCUT2D eigenvalue weighted by Gasteiger charge is -2.22. The molecule has 0 saturated heterocycles. The first-order chi connectivity index (χ1) is 9.36. The molecule has 0 bridgehead atoms. The van der Waals surface area contributed by atoms with Crippen LogP contribution in [0.1, 0.15) is 25.6 Å². The summed E-state index contributed by atoms with van der Waals surface area (Å²) in [6.45, 7) is 4.64. The van der Waals surface area contributed by atoms with Crippen LogP contribution in [0.4, 0.5) is 0 Å². The van der Waals surface area contributed by atoms with Gasteiger partial charge in [-0.05, 0) is 32.2 Å². The van der Waals surface area contributed by atoms with Gasteiger partial charge in [0.05, 0.1) is 17.7 Å². The number of amides is 1. The number of esters is 1. The molecule has 1 aromatic heterocycles. The van der Waals surface area contributed by atoms with Crippen molar-refractivity contribution in [2.75, 3.05) is 13.7 Å². The van der Waals surface area contributed by atoms with Gasteiger partial charge in [0.2, 0.25) is 0 Å². The third-order valence-electron chi connectivity index (χ3n) is 2.42. The SMILES string of the molecule is COC(=O)C(C)(C)NC(=O)CO/N=C(/C)c1cccs1. The predicted octanol–water partition coefficient (Wildman–Crippen LogP) is 1.56. The van der Waals surface area contributed by atoms with E-state index in [1.165, 1.54) is 18.4 Å². The summed E-state index contributed by atoms with van der Waals surface area (Å²) < 4.78 is 4.59. The lowest BCUT2D eigenvalue weighted by atomic mass is 10.1. The maximum absolute atomic E-state index is 11.6. The third kappa shape index (κ3) is 4.65. The average molecular weight is 298 g/mol. The number of hydrogen-bond acceptors (Lipinski definition) is 6. The molecule has 0 spiro atoms. The van der Waals surface area contributed by atoms with Crippen LogP contribution in [0.15, 0.2) is 22.7 Å². The van der Waals surface area contributed by atoms with E-state index in [2.05, 4.69) is 15.2 Å². The highest BCUT2D eigenvalue weighted by Gasteiger charge is 2.30. The van der Waals surface area contributed by atoms with E-state index in [-0.39, 0.29) is 6.61 Å². The largest absolute Gasteiger partial charge is 0.467 e. The summed E-state index contributed by atoms with van der Waals surface area (Å²) in [6.07, 6.45) is 0. The van der Waals surface area contributed by atoms with Gasteiger partial charge in [-0.3, -0.25) is 4.79 Å². The Morgan fingerprint density at radius 2 is 2.15 bits per heavy atom. The van der Waals surface area contributed by atoms with E-state index in [0.29, 0.717) is 5.71 Å². The molecule has 1 N–H and O–H groups in total. The molecule has 1 heterocycles. The van der Waals surface area contributed by atoms with Crippen LogP contribution < -0.4 is 5.32 Å². The number of carbonyl (C=O) groups is 2. The molecular weight excluding hydrogens is 280 g/mol. The van der Waals surface area contributed by atoms with Crippen LogP contribution in [0.3, 0.4) is 0 Å². The first-order valence-corrected chi connectivity index (χ1v) is 6.84. The van der Waals surface area contributed by atoms with Crippen LogP contribution in [0.5, 0.6) is 0 Å². The van der Waals surface area contributed by atoms with Crippen LogP contribution in [0.2, 0.25) is 0 Å². The average Bonchev–Trinajstić information content (AvgIpc) is 2.90. The Hall–Kier alpha value is -1.89. The van der Waals surface area contributed by atoms with Crippen LogP contribution >= 0.6 is 11.3 Å². The zero-order valence-corrected chi connectivity index (χ0v) is 12.7. The van der Waals surface area contributed by atoms with Gasteiger partial charge in [-0.1, -0.05) is 11.2 Å². The molecule has 7 heteroatoms. The molecule has 0 saturated carbocycles. The number of methoxy groups -OCH3 is 1. The summed E-state index contributed by atoms with van der Waals surface area (Å²) >= 11 is 1.53. The number of hydrogen-bond donors (Lipinski definition) is 1. The van der Waals surface area contributed by atoms with Crippen molar-refractivity contribution in [1.82, 2.24) is 5.32 Å². The van der Waals surface area contributed by atoms with Gasteiger partial charge in [0.15, 0.2) is 6.61 Å². The predicted molar refractivity (Wildman–Crippen MR) is 76.7 cm³/mol. The molecule has 110 valence electrons. The molecule has 6 nitrogen and oxygen atoms in total. The van der Waals surface area contributed by atoms with Crippen molar-refractivity contribution in [3.8, 4) is 0 Å². The Kier molecular flexibility index (Phi) is 5.69. The number of ether oxygens (including phenoxy) is 1. The topological polar surface area (TPSA) is 77.0 Å². The molecule has 1 rings (SSSR count). The fourth-order valence-corrected chi connectivity index (χ4v) is 2.08. The molecular formula is C13H18N2O4S. The van der Waals surface area contributed by atoms with E-state index >= 15 is 0 Å². The minimum absolute atomic E-state index is 0.261. The number of carbonyl (C=O) groups excluding carboxylic acids is 2. The fourth-order valence-electron chi connectivity index (χ4n) is 1.41. The molecule has 0 aliphatic heterocycles. The fraction of sp³-hybridized carbons (Fsp3) is 0.462. The van der Waals surface area contributed by atoms with Crippen LogP contribution in [-0.2, 0) is 19.2 Å². The van der Waals surface area contributed by atoms with Crippen LogP contribution in [0.25, 0.3) is 0 Å². The molecule has 20 heavy (non-hydrogen) atoms. The molecule has 0 radical (unpaired) electrons. The summed E-state index contributed by atoms with van der Waals surface area (Å²) in [6, 6.07) is 3.82. The number of thiophene rings is 1. The summed E-state index contributed by atoms with van der Waals surface area (Å²) in [5, 5.41) is 8.29. The Balaban J connectivity index is 2.44. The van der Waals surface area contributed by atoms with Gasteiger partial charge < -0.3 is 14.9 Å². The first-order valence-electron chi connectivity index (χ1n) is 5.96. The van der Waals surface area contributed by atoms with Gasteiger partial charge >= 0.3 is 5.97 Å². The maximum atomic E-state index is 11.6. The van der Waals surface area contributed by atoms with Crippen molar-refractivity contribution < 1.29 is 19.2 Å². The molecule has 0 aliphatic rings. The van der Waals surface area contributed by atoms with E-state index in [1.807, 2.05) is 17.5 Å². The number of rotatable bonds is 6. The Morgan fingerprint density at radius 3 is 2.70 bits per heavy atom. The number of oxime groups is 1. The van der Waals surface area contributed by atoms with E-state index in [4.69, 9.17) is 4.84 Å². The Bertz CT molecular complexity index is 494. The smallest absolute Gasteiger partial charge is 0.330 e. The van der Waals surface area contributed by atoms with E-state index < -0.39 is 17.4 Å². The lowest BCUT2D eigenvalue weighted by Crippen LogP contribution is -2.51. The van der Waals surface area contributed by atoms with E-state index in [9.17, 15) is 9.59 Å². The molecule has 0 atom stereocenters. The minimum Gasteiger partial charge on any atom is -0.467 e. The monoisotopic (exact) mass is 298 g/mol. The van der Waals surface area contributed by atoms with Gasteiger partial charge in [0.1, 0.15) is 5.54 Å². The van der Waals surface area contributed by atoms with Crippen LogP contribution in [-0.4, -0.2) is 36.8 Å². The quantitative estimate of drug-likeness (QED) is 0.491. The summed E-state index contributed by atoms with van der Waals surface area (Å²) in [4.78, 5) is 29.0. The second kappa shape index (κ2) is 7.04. The second-order valence-corrected chi connectivity index (χ2v) is 5.54. The van der Waals surface area contributed by atoms with Crippen molar-refractivity contribution in [3.05, 3.63) is 22.4 Å². The van der Waals surface area contributed by atoms with Crippen molar-refractivity contribution >= 4 is 28.9 Å². The van der Waals surface area contributed by atoms with Gasteiger partial charge in [-0.15, -0.1) is 11.3 Å². The maximum Gasteiger partial charge on any atom is 0.330 e. The van der Waals surface area contributed by atoms with Gasteiger partial charge in [0, 0.05) is 0 Å². The molecule has 1 aromatic rings. The molecule has 1 amide bonds. The summed E-state index contributed by atoms with van der Waals surface area (Å²) in [5.41, 5.74) is -0.401. The van der Waals surface area contributed by atoms with Gasteiger partial charge in [0.25, 0.3) is 5.91 Å². The number of nitrogens with one attached hydrogen (secondary N) is 1. The lowest BCUT2D eigenvalue weighted by molar-refractivity contribution is -0.150. The van der Waals surface area contributed by atoms with Crippen molar-refractivity contribution in [3.63, 3.8) is 0 Å². The standard InChI is InChI=1S/C13H18N2O4S/c1-9(10-6-5-7-20-10)15-19-8-11(16)14-13(2,3)12(17)18-4/h5-7H,8H2,1-4H3,(H,14,16)/b15-9-. The molecule has 0 fully saturated rings. The van der Waals surface area contributed by atoms with E-state index in [0.717, 1.165) is 4.88 Å². The highest BCUT2D eigenvalue weighted by atomic mass is 32.1. The molecule has 0 aromatic carbocycles. The van der Waals surface area contributed by atoms with Crippen LogP contribution in [0, 0.1) is 0 Å². The van der Waals surface area contributed by atoms with Crippen molar-refractivity contribution in [1.29, 1.82) is 0 Å². The zero-order chi connectivity index (χ0) is 15.2. The van der Waals surface area contributed by atoms with Crippen molar-refractivity contribution in [2.45, 2.75) is 26.3 Å². The zero-order valence-electron chi connectivity index (χ0n) is 11.9. The highest BCUT2D eigenvalue weighted by Crippen LogP contribution is 2.10. The Labute approximate surface area is 121 Å². The highest BCUT2D eigenvalue weighted by molar-refractivity contribution is 7.12. The number of nitrogens with zero attached hydrogens (tertiary/aromatic N) is 1. The van der Waals surface area contributed by atoms with E-state index in [1.54, 1.807) is 20.8 Å². The first kappa shape index (κ1) is 16.2. The second-order valence-electron chi connectivity index (χ2n) is 4.59. The minimum atomic E-state index is -1.10. The van der Waals surface area contributed by atoms with Gasteiger partial charge in [-0.25, -0.2) is 4.79 Å². The third-order valence-corrected chi connectivity index (χ3v) is 3.40. The summed E-state index contributed by atoms with van der Waals surface area (Å²) in [5.74, 6) is -0.966. The summed E-state index contributed by atoms with van der Waals surface area (Å²) in [7, 11) is 1.27. The molecule has 0 aliphatic carbocycles. The molecule has 0 unspecified atom stereocenters. The normalized spacial score (nSPS) is 11.9. The van der Waals surface area contributed by atoms with Gasteiger partial charge in [-0.2, -0.15) is 0 Å². The Morgan fingerprint density at radius 1 is 1.45 bits per heavy atom.